The fourth-order valence-electron chi connectivity index (χ4n) is 2.89. The van der Waals surface area contributed by atoms with E-state index in [9.17, 15) is 9.59 Å². The fourth-order valence-corrected chi connectivity index (χ4v) is 2.89. The number of carboxylic acid groups (broad SMARTS) is 1. The lowest BCUT2D eigenvalue weighted by Gasteiger charge is -2.41. The normalized spacial score (nSPS) is 22.7. The summed E-state index contributed by atoms with van der Waals surface area (Å²) in [4.78, 5) is 24.6. The molecule has 108 valence electrons. The first kappa shape index (κ1) is 14.1. The third kappa shape index (κ3) is 3.59. The maximum Gasteiger partial charge on any atom is 0.317 e. The molecule has 0 unspecified atom stereocenters. The number of carbonyl (C=O) groups excluding carboxylic acids is 1. The molecule has 2 aliphatic rings. The number of likely N-dealkylation sites (tertiary alicyclic amines) is 1. The first-order chi connectivity index (χ1) is 9.01. The third-order valence-corrected chi connectivity index (χ3v) is 4.38. The van der Waals surface area contributed by atoms with Crippen molar-refractivity contribution < 1.29 is 14.7 Å². The number of aliphatic carboxylic acids is 1. The predicted molar refractivity (Wildman–Crippen MR) is 70.7 cm³/mol. The number of piperidine rings is 1. The SMILES string of the molecule is NC1CCN(C(=O)NCC2(CC(=O)O)CCC2)CC1. The van der Waals surface area contributed by atoms with E-state index in [1.807, 2.05) is 0 Å². The molecular weight excluding hydrogens is 246 g/mol. The molecule has 1 heterocycles. The summed E-state index contributed by atoms with van der Waals surface area (Å²) in [6.07, 6.45) is 4.68. The van der Waals surface area contributed by atoms with Gasteiger partial charge in [-0.05, 0) is 31.1 Å². The summed E-state index contributed by atoms with van der Waals surface area (Å²) < 4.78 is 0. The fraction of sp³-hybridized carbons (Fsp3) is 0.846. The molecule has 0 bridgehead atoms. The quantitative estimate of drug-likeness (QED) is 0.702. The van der Waals surface area contributed by atoms with Gasteiger partial charge < -0.3 is 21.1 Å². The van der Waals surface area contributed by atoms with Gasteiger partial charge in [-0.2, -0.15) is 0 Å². The molecule has 1 saturated carbocycles. The zero-order chi connectivity index (χ0) is 13.9. The first-order valence-electron chi connectivity index (χ1n) is 7.01. The Balaban J connectivity index is 1.77. The zero-order valence-corrected chi connectivity index (χ0v) is 11.2. The minimum atomic E-state index is -0.780. The standard InChI is InChI=1S/C13H23N3O3/c14-10-2-6-16(7-3-10)12(19)15-9-13(4-1-5-13)8-11(17)18/h10H,1-9,14H2,(H,15,19)(H,17,18). The van der Waals surface area contributed by atoms with Gasteiger partial charge in [-0.1, -0.05) is 6.42 Å². The molecule has 2 amide bonds. The van der Waals surface area contributed by atoms with E-state index in [0.717, 1.165) is 32.1 Å². The third-order valence-electron chi connectivity index (χ3n) is 4.38. The highest BCUT2D eigenvalue weighted by Gasteiger charge is 2.39. The average Bonchev–Trinajstić information content (AvgIpc) is 2.32. The second kappa shape index (κ2) is 5.77. The van der Waals surface area contributed by atoms with Crippen molar-refractivity contribution in [2.45, 2.75) is 44.6 Å². The maximum absolute atomic E-state index is 12.0. The Kier molecular flexibility index (Phi) is 4.29. The lowest BCUT2D eigenvalue weighted by molar-refractivity contribution is -0.141. The minimum Gasteiger partial charge on any atom is -0.481 e. The lowest BCUT2D eigenvalue weighted by atomic mass is 9.66. The molecule has 2 fully saturated rings. The number of nitrogens with zero attached hydrogens (tertiary/aromatic N) is 1. The molecule has 0 aromatic heterocycles. The van der Waals surface area contributed by atoms with Crippen LogP contribution in [0.25, 0.3) is 0 Å². The van der Waals surface area contributed by atoms with Gasteiger partial charge in [-0.15, -0.1) is 0 Å². The van der Waals surface area contributed by atoms with Gasteiger partial charge in [0.1, 0.15) is 0 Å². The van der Waals surface area contributed by atoms with E-state index in [4.69, 9.17) is 10.8 Å². The molecule has 19 heavy (non-hydrogen) atoms. The lowest BCUT2D eigenvalue weighted by Crippen LogP contribution is -2.51. The molecule has 4 N–H and O–H groups in total. The topological polar surface area (TPSA) is 95.7 Å². The number of urea groups is 1. The molecule has 0 aromatic rings. The molecular formula is C13H23N3O3. The summed E-state index contributed by atoms with van der Waals surface area (Å²) >= 11 is 0. The molecule has 6 heteroatoms. The van der Waals surface area contributed by atoms with Crippen LogP contribution < -0.4 is 11.1 Å². The molecule has 0 aromatic carbocycles. The molecule has 1 saturated heterocycles. The summed E-state index contributed by atoms with van der Waals surface area (Å²) in [6, 6.07) is 0.123. The van der Waals surface area contributed by atoms with Crippen LogP contribution in [0.15, 0.2) is 0 Å². The van der Waals surface area contributed by atoms with Crippen molar-refractivity contribution in [3.63, 3.8) is 0 Å². The summed E-state index contributed by atoms with van der Waals surface area (Å²) in [5, 5.41) is 11.8. The van der Waals surface area contributed by atoms with E-state index < -0.39 is 5.97 Å². The Labute approximate surface area is 113 Å². The second-order valence-corrected chi connectivity index (χ2v) is 5.91. The van der Waals surface area contributed by atoms with Gasteiger partial charge in [0.2, 0.25) is 0 Å². The van der Waals surface area contributed by atoms with E-state index in [2.05, 4.69) is 5.32 Å². The van der Waals surface area contributed by atoms with E-state index in [1.165, 1.54) is 0 Å². The van der Waals surface area contributed by atoms with Crippen LogP contribution in [0, 0.1) is 5.41 Å². The van der Waals surface area contributed by atoms with Crippen molar-refractivity contribution in [1.29, 1.82) is 0 Å². The molecule has 1 aliphatic carbocycles. The van der Waals surface area contributed by atoms with Crippen LogP contribution in [-0.4, -0.2) is 47.7 Å². The van der Waals surface area contributed by atoms with Crippen LogP contribution in [-0.2, 0) is 4.79 Å². The molecule has 0 atom stereocenters. The second-order valence-electron chi connectivity index (χ2n) is 5.91. The Bertz CT molecular complexity index is 347. The van der Waals surface area contributed by atoms with Gasteiger partial charge >= 0.3 is 12.0 Å². The van der Waals surface area contributed by atoms with E-state index >= 15 is 0 Å². The van der Waals surface area contributed by atoms with Crippen molar-refractivity contribution in [2.24, 2.45) is 11.1 Å². The highest BCUT2D eigenvalue weighted by Crippen LogP contribution is 2.43. The number of carbonyl (C=O) groups is 2. The van der Waals surface area contributed by atoms with Gasteiger partial charge in [-0.3, -0.25) is 4.79 Å². The monoisotopic (exact) mass is 269 g/mol. The van der Waals surface area contributed by atoms with Crippen molar-refractivity contribution in [2.75, 3.05) is 19.6 Å². The Morgan fingerprint density at radius 1 is 1.32 bits per heavy atom. The molecule has 2 rings (SSSR count). The first-order valence-corrected chi connectivity index (χ1v) is 7.01. The minimum absolute atomic E-state index is 0.0800. The van der Waals surface area contributed by atoms with Crippen LogP contribution in [0.5, 0.6) is 0 Å². The molecule has 0 radical (unpaired) electrons. The largest absolute Gasteiger partial charge is 0.481 e. The highest BCUT2D eigenvalue weighted by molar-refractivity contribution is 5.74. The van der Waals surface area contributed by atoms with E-state index in [-0.39, 0.29) is 23.9 Å². The number of nitrogens with two attached hydrogens (primary N) is 1. The number of hydrogen-bond acceptors (Lipinski definition) is 3. The molecule has 6 nitrogen and oxygen atoms in total. The smallest absolute Gasteiger partial charge is 0.317 e. The molecule has 1 aliphatic heterocycles. The summed E-state index contributed by atoms with van der Waals surface area (Å²) in [6.45, 7) is 1.86. The number of amides is 2. The number of hydrogen-bond donors (Lipinski definition) is 3. The Morgan fingerprint density at radius 3 is 2.42 bits per heavy atom. The number of carboxylic acids is 1. The average molecular weight is 269 g/mol. The van der Waals surface area contributed by atoms with Crippen molar-refractivity contribution in [3.05, 3.63) is 0 Å². The van der Waals surface area contributed by atoms with E-state index in [0.29, 0.717) is 19.6 Å². The van der Waals surface area contributed by atoms with Crippen molar-refractivity contribution in [1.82, 2.24) is 10.2 Å². The van der Waals surface area contributed by atoms with Crippen LogP contribution in [0.2, 0.25) is 0 Å². The van der Waals surface area contributed by atoms with Gasteiger partial charge in [-0.25, -0.2) is 4.79 Å². The number of nitrogens with one attached hydrogen (secondary N) is 1. The summed E-state index contributed by atoms with van der Waals surface area (Å²) in [5.74, 6) is -0.780. The van der Waals surface area contributed by atoms with Crippen molar-refractivity contribution in [3.8, 4) is 0 Å². The highest BCUT2D eigenvalue weighted by atomic mass is 16.4. The van der Waals surface area contributed by atoms with Crippen molar-refractivity contribution >= 4 is 12.0 Å². The summed E-state index contributed by atoms with van der Waals surface area (Å²) in [5.41, 5.74) is 5.59. The Hall–Kier alpha value is -1.30. The molecule has 0 spiro atoms. The van der Waals surface area contributed by atoms with Crippen LogP contribution in [0.3, 0.4) is 0 Å². The van der Waals surface area contributed by atoms with E-state index in [1.54, 1.807) is 4.90 Å². The van der Waals surface area contributed by atoms with Gasteiger partial charge in [0, 0.05) is 25.7 Å². The zero-order valence-electron chi connectivity index (χ0n) is 11.2. The Morgan fingerprint density at radius 2 is 1.95 bits per heavy atom. The summed E-state index contributed by atoms with van der Waals surface area (Å²) in [7, 11) is 0. The van der Waals surface area contributed by atoms with Crippen LogP contribution in [0.4, 0.5) is 4.79 Å². The van der Waals surface area contributed by atoms with Gasteiger partial charge in [0.15, 0.2) is 0 Å². The number of rotatable bonds is 4. The predicted octanol–water partition coefficient (Wildman–Crippen LogP) is 0.764. The van der Waals surface area contributed by atoms with Gasteiger partial charge in [0.05, 0.1) is 6.42 Å². The van der Waals surface area contributed by atoms with Gasteiger partial charge in [0.25, 0.3) is 0 Å². The van der Waals surface area contributed by atoms with Crippen LogP contribution >= 0.6 is 0 Å². The van der Waals surface area contributed by atoms with Crippen LogP contribution in [0.1, 0.15) is 38.5 Å². The maximum atomic E-state index is 12.0.